The van der Waals surface area contributed by atoms with Gasteiger partial charge < -0.3 is 5.32 Å². The number of fused-ring (bicyclic) bond motifs is 1. The normalized spacial score (nSPS) is 17.4. The molecule has 90 valence electrons. The third-order valence-electron chi connectivity index (χ3n) is 2.87. The highest BCUT2D eigenvalue weighted by molar-refractivity contribution is 6.01. The van der Waals surface area contributed by atoms with Gasteiger partial charge in [0.15, 0.2) is 5.82 Å². The molecule has 1 amide bonds. The van der Waals surface area contributed by atoms with Crippen LogP contribution in [0.5, 0.6) is 0 Å². The number of amides is 1. The molecule has 1 N–H and O–H groups in total. The Morgan fingerprint density at radius 3 is 2.83 bits per heavy atom. The van der Waals surface area contributed by atoms with E-state index in [4.69, 9.17) is 0 Å². The van der Waals surface area contributed by atoms with Crippen LogP contribution in [0.15, 0.2) is 24.5 Å². The number of hydrogen-bond acceptors (Lipinski definition) is 4. The van der Waals surface area contributed by atoms with Crippen molar-refractivity contribution in [2.24, 2.45) is 0 Å². The van der Waals surface area contributed by atoms with Gasteiger partial charge in [0.1, 0.15) is 17.3 Å². The van der Waals surface area contributed by atoms with Gasteiger partial charge in [-0.15, -0.1) is 0 Å². The van der Waals surface area contributed by atoms with Crippen LogP contribution in [0, 0.1) is 5.82 Å². The summed E-state index contributed by atoms with van der Waals surface area (Å²) in [6.45, 7) is 1.79. The third kappa shape index (κ3) is 1.62. The number of pyridine rings is 1. The highest BCUT2D eigenvalue weighted by atomic mass is 19.1. The molecule has 1 atom stereocenters. The van der Waals surface area contributed by atoms with Gasteiger partial charge in [-0.05, 0) is 19.1 Å². The summed E-state index contributed by atoms with van der Waals surface area (Å²) < 4.78 is 12.8. The van der Waals surface area contributed by atoms with Crippen LogP contribution < -0.4 is 5.32 Å². The second kappa shape index (κ2) is 3.83. The maximum Gasteiger partial charge on any atom is 0.232 e. The van der Waals surface area contributed by atoms with Gasteiger partial charge in [-0.2, -0.15) is 0 Å². The Morgan fingerprint density at radius 1 is 1.28 bits per heavy atom. The van der Waals surface area contributed by atoms with Gasteiger partial charge in [-0.1, -0.05) is 0 Å². The second-order valence-electron chi connectivity index (χ2n) is 4.07. The zero-order valence-electron chi connectivity index (χ0n) is 9.51. The van der Waals surface area contributed by atoms with Crippen molar-refractivity contribution < 1.29 is 9.18 Å². The molecular formula is C12H9FN4O. The molecule has 0 aliphatic carbocycles. The first-order valence-electron chi connectivity index (χ1n) is 5.45. The number of nitrogens with zero attached hydrogens (tertiary/aromatic N) is 3. The van der Waals surface area contributed by atoms with Crippen LogP contribution in [0.3, 0.4) is 0 Å². The summed E-state index contributed by atoms with van der Waals surface area (Å²) in [7, 11) is 0. The van der Waals surface area contributed by atoms with Crippen molar-refractivity contribution in [3.8, 4) is 11.5 Å². The fraction of sp³-hybridized carbons (Fsp3) is 0.167. The smallest absolute Gasteiger partial charge is 0.232 e. The van der Waals surface area contributed by atoms with Crippen molar-refractivity contribution in [3.05, 3.63) is 35.9 Å². The van der Waals surface area contributed by atoms with Gasteiger partial charge in [0.05, 0.1) is 12.1 Å². The van der Waals surface area contributed by atoms with Crippen molar-refractivity contribution in [1.29, 1.82) is 0 Å². The molecule has 0 saturated heterocycles. The molecule has 0 saturated carbocycles. The molecule has 0 radical (unpaired) electrons. The first-order valence-corrected chi connectivity index (χ1v) is 5.45. The zero-order chi connectivity index (χ0) is 12.7. The Labute approximate surface area is 102 Å². The Morgan fingerprint density at radius 2 is 2.11 bits per heavy atom. The summed E-state index contributed by atoms with van der Waals surface area (Å²) in [6.07, 6.45) is 2.71. The molecule has 2 aromatic heterocycles. The fourth-order valence-corrected chi connectivity index (χ4v) is 1.81. The van der Waals surface area contributed by atoms with Gasteiger partial charge >= 0.3 is 0 Å². The van der Waals surface area contributed by atoms with Crippen molar-refractivity contribution in [3.63, 3.8) is 0 Å². The number of hydrogen-bond donors (Lipinski definition) is 1. The number of anilines is 1. The van der Waals surface area contributed by atoms with Crippen LogP contribution in [0.25, 0.3) is 11.5 Å². The van der Waals surface area contributed by atoms with E-state index in [9.17, 15) is 9.18 Å². The first-order chi connectivity index (χ1) is 8.65. The highest BCUT2D eigenvalue weighted by Crippen LogP contribution is 2.30. The van der Waals surface area contributed by atoms with E-state index in [-0.39, 0.29) is 11.8 Å². The minimum atomic E-state index is -0.415. The molecule has 0 spiro atoms. The van der Waals surface area contributed by atoms with Crippen molar-refractivity contribution >= 4 is 11.7 Å². The summed E-state index contributed by atoms with van der Waals surface area (Å²) in [5.74, 6) is 0.118. The standard InChI is InChI=1S/C12H9FN4O/c1-6-8-5-15-11(16-10(8)17-12(6)18)9-3-2-7(13)4-14-9/h2-6H,1H3,(H,15,16,17,18). The van der Waals surface area contributed by atoms with E-state index >= 15 is 0 Å². The zero-order valence-corrected chi connectivity index (χ0v) is 9.51. The minimum absolute atomic E-state index is 0.0940. The van der Waals surface area contributed by atoms with Gasteiger partial charge in [-0.3, -0.25) is 4.79 Å². The largest absolute Gasteiger partial charge is 0.310 e. The lowest BCUT2D eigenvalue weighted by Crippen LogP contribution is -2.08. The van der Waals surface area contributed by atoms with Crippen LogP contribution >= 0.6 is 0 Å². The summed E-state index contributed by atoms with van der Waals surface area (Å²) in [6, 6.07) is 2.79. The molecule has 3 rings (SSSR count). The highest BCUT2D eigenvalue weighted by Gasteiger charge is 2.28. The molecule has 1 aliphatic rings. The van der Waals surface area contributed by atoms with Crippen LogP contribution in [0.1, 0.15) is 18.4 Å². The van der Waals surface area contributed by atoms with Gasteiger partial charge in [-0.25, -0.2) is 19.3 Å². The third-order valence-corrected chi connectivity index (χ3v) is 2.87. The summed E-state index contributed by atoms with van der Waals surface area (Å²) >= 11 is 0. The lowest BCUT2D eigenvalue weighted by molar-refractivity contribution is -0.116. The average molecular weight is 244 g/mol. The summed E-state index contributed by atoms with van der Waals surface area (Å²) in [4.78, 5) is 23.8. The van der Waals surface area contributed by atoms with E-state index in [0.717, 1.165) is 11.8 Å². The lowest BCUT2D eigenvalue weighted by atomic mass is 10.1. The predicted molar refractivity (Wildman–Crippen MR) is 62.3 cm³/mol. The van der Waals surface area contributed by atoms with E-state index in [2.05, 4.69) is 20.3 Å². The van der Waals surface area contributed by atoms with Gasteiger partial charge in [0.2, 0.25) is 5.91 Å². The van der Waals surface area contributed by atoms with Crippen LogP contribution in [0.4, 0.5) is 10.2 Å². The van der Waals surface area contributed by atoms with Gasteiger partial charge in [0, 0.05) is 11.8 Å². The molecule has 0 bridgehead atoms. The number of rotatable bonds is 1. The number of carbonyl (C=O) groups excluding carboxylic acids is 1. The molecule has 3 heterocycles. The van der Waals surface area contributed by atoms with Crippen LogP contribution in [-0.4, -0.2) is 20.9 Å². The van der Waals surface area contributed by atoms with E-state index in [1.165, 1.54) is 12.1 Å². The Bertz CT molecular complexity index is 626. The Kier molecular flexibility index (Phi) is 2.29. The number of carbonyl (C=O) groups is 1. The van der Waals surface area contributed by atoms with Crippen molar-refractivity contribution in [2.75, 3.05) is 5.32 Å². The topological polar surface area (TPSA) is 67.8 Å². The van der Waals surface area contributed by atoms with Crippen molar-refractivity contribution in [2.45, 2.75) is 12.8 Å². The quantitative estimate of drug-likeness (QED) is 0.829. The van der Waals surface area contributed by atoms with E-state index in [1.54, 1.807) is 13.1 Å². The van der Waals surface area contributed by atoms with E-state index in [0.29, 0.717) is 17.3 Å². The maximum atomic E-state index is 12.8. The van der Waals surface area contributed by atoms with Gasteiger partial charge in [0.25, 0.3) is 0 Å². The Hall–Kier alpha value is -2.37. The molecule has 0 fully saturated rings. The number of aromatic nitrogens is 3. The molecule has 0 aromatic carbocycles. The predicted octanol–water partition coefficient (Wildman–Crippen LogP) is 1.73. The molecule has 2 aromatic rings. The first kappa shape index (κ1) is 10.8. The lowest BCUT2D eigenvalue weighted by Gasteiger charge is -2.02. The van der Waals surface area contributed by atoms with Crippen LogP contribution in [0.2, 0.25) is 0 Å². The van der Waals surface area contributed by atoms with Crippen LogP contribution in [-0.2, 0) is 4.79 Å². The molecule has 1 unspecified atom stereocenters. The monoisotopic (exact) mass is 244 g/mol. The summed E-state index contributed by atoms with van der Waals surface area (Å²) in [5.41, 5.74) is 1.24. The van der Waals surface area contributed by atoms with E-state index < -0.39 is 5.82 Å². The SMILES string of the molecule is CC1C(=O)Nc2nc(-c3ccc(F)cn3)ncc21. The molecule has 1 aliphatic heterocycles. The average Bonchev–Trinajstić information content (AvgIpc) is 2.65. The summed E-state index contributed by atoms with van der Waals surface area (Å²) in [5, 5.41) is 2.68. The number of nitrogens with one attached hydrogen (secondary N) is 1. The maximum absolute atomic E-state index is 12.8. The molecular weight excluding hydrogens is 235 g/mol. The molecule has 18 heavy (non-hydrogen) atoms. The van der Waals surface area contributed by atoms with Crippen molar-refractivity contribution in [1.82, 2.24) is 15.0 Å². The molecule has 6 heteroatoms. The molecule has 5 nitrogen and oxygen atoms in total. The van der Waals surface area contributed by atoms with E-state index in [1.807, 2.05) is 0 Å². The Balaban J connectivity index is 2.04. The minimum Gasteiger partial charge on any atom is -0.310 e. The fourth-order valence-electron chi connectivity index (χ4n) is 1.81. The number of halogens is 1. The second-order valence-corrected chi connectivity index (χ2v) is 4.07.